The van der Waals surface area contributed by atoms with Crippen LogP contribution in [0, 0.1) is 24.7 Å². The summed E-state index contributed by atoms with van der Waals surface area (Å²) in [5.41, 5.74) is 7.51. The van der Waals surface area contributed by atoms with Gasteiger partial charge in [0.1, 0.15) is 17.7 Å². The van der Waals surface area contributed by atoms with Gasteiger partial charge >= 0.3 is 0 Å². The number of anilines is 2. The zero-order chi connectivity index (χ0) is 26.0. The van der Waals surface area contributed by atoms with Crippen molar-refractivity contribution in [3.05, 3.63) is 35.7 Å². The van der Waals surface area contributed by atoms with E-state index in [1.807, 2.05) is 13.0 Å². The maximum absolute atomic E-state index is 13.7. The van der Waals surface area contributed by atoms with Crippen molar-refractivity contribution in [2.45, 2.75) is 71.3 Å². The van der Waals surface area contributed by atoms with Gasteiger partial charge in [-0.1, -0.05) is 45.4 Å². The molecule has 1 saturated carbocycles. The van der Waals surface area contributed by atoms with Gasteiger partial charge in [0.05, 0.1) is 12.1 Å². The number of carbonyl (C=O) groups excluding carboxylic acids is 3. The van der Waals surface area contributed by atoms with E-state index in [0.717, 1.165) is 30.5 Å². The second-order valence-corrected chi connectivity index (χ2v) is 10.4. The van der Waals surface area contributed by atoms with Crippen LogP contribution < -0.4 is 10.6 Å². The molecule has 0 spiro atoms. The summed E-state index contributed by atoms with van der Waals surface area (Å²) >= 11 is 0. The largest absolute Gasteiger partial charge is 0.384 e. The SMILES string of the molecule is CC[C@@H](CC(=O)N1C(=O)[C@H](Cc2cc(C)nc(N)c2)[C@H]1C(=O)N(C)c1ccnn1C)C1CCCCC1. The number of carbonyl (C=O) groups is 3. The molecule has 0 bridgehead atoms. The quantitative estimate of drug-likeness (QED) is 0.564. The predicted molar refractivity (Wildman–Crippen MR) is 138 cm³/mol. The zero-order valence-electron chi connectivity index (χ0n) is 21.8. The highest BCUT2D eigenvalue weighted by molar-refractivity contribution is 6.12. The summed E-state index contributed by atoms with van der Waals surface area (Å²) in [4.78, 5) is 47.6. The van der Waals surface area contributed by atoms with Gasteiger partial charge in [0.25, 0.3) is 5.91 Å². The van der Waals surface area contributed by atoms with Gasteiger partial charge in [0, 0.05) is 32.3 Å². The van der Waals surface area contributed by atoms with Crippen LogP contribution in [0.1, 0.15) is 63.1 Å². The average Bonchev–Trinajstić information content (AvgIpc) is 3.28. The van der Waals surface area contributed by atoms with Gasteiger partial charge in [-0.15, -0.1) is 0 Å². The van der Waals surface area contributed by atoms with Crippen molar-refractivity contribution in [1.82, 2.24) is 19.7 Å². The Morgan fingerprint density at radius 3 is 2.56 bits per heavy atom. The minimum atomic E-state index is -0.858. The predicted octanol–water partition coefficient (Wildman–Crippen LogP) is 3.26. The van der Waals surface area contributed by atoms with Crippen LogP contribution in [0.15, 0.2) is 24.4 Å². The fourth-order valence-corrected chi connectivity index (χ4v) is 6.03. The van der Waals surface area contributed by atoms with Crippen molar-refractivity contribution in [2.75, 3.05) is 17.7 Å². The highest BCUT2D eigenvalue weighted by Gasteiger charge is 2.55. The lowest BCUT2D eigenvalue weighted by atomic mass is 9.76. The molecule has 9 heteroatoms. The van der Waals surface area contributed by atoms with E-state index in [2.05, 4.69) is 17.0 Å². The maximum Gasteiger partial charge on any atom is 0.252 e. The van der Waals surface area contributed by atoms with Gasteiger partial charge in [-0.2, -0.15) is 5.10 Å². The number of likely N-dealkylation sites (tertiary alicyclic amines) is 1. The minimum absolute atomic E-state index is 0.234. The molecule has 3 heterocycles. The number of hydrogen-bond acceptors (Lipinski definition) is 6. The summed E-state index contributed by atoms with van der Waals surface area (Å²) in [7, 11) is 3.41. The Labute approximate surface area is 213 Å². The number of nitrogens with zero attached hydrogens (tertiary/aromatic N) is 5. The van der Waals surface area contributed by atoms with E-state index < -0.39 is 12.0 Å². The number of imide groups is 1. The molecule has 3 atom stereocenters. The van der Waals surface area contributed by atoms with Gasteiger partial charge in [-0.3, -0.25) is 28.9 Å². The molecule has 194 valence electrons. The third-order valence-corrected chi connectivity index (χ3v) is 7.97. The molecule has 1 aliphatic carbocycles. The van der Waals surface area contributed by atoms with E-state index in [4.69, 9.17) is 5.73 Å². The van der Waals surface area contributed by atoms with E-state index in [-0.39, 0.29) is 23.6 Å². The summed E-state index contributed by atoms with van der Waals surface area (Å²) in [6.45, 7) is 3.95. The molecule has 3 amide bonds. The van der Waals surface area contributed by atoms with Crippen LogP contribution in [0.4, 0.5) is 11.6 Å². The lowest BCUT2D eigenvalue weighted by molar-refractivity contribution is -0.171. The van der Waals surface area contributed by atoms with Crippen LogP contribution in [0.3, 0.4) is 0 Å². The van der Waals surface area contributed by atoms with E-state index in [1.165, 1.54) is 29.1 Å². The molecule has 9 nitrogen and oxygen atoms in total. The first-order valence-corrected chi connectivity index (χ1v) is 13.1. The van der Waals surface area contributed by atoms with Gasteiger partial charge in [0.2, 0.25) is 11.8 Å². The number of amides is 3. The first-order valence-electron chi connectivity index (χ1n) is 13.1. The Morgan fingerprint density at radius 1 is 1.22 bits per heavy atom. The topological polar surface area (TPSA) is 114 Å². The fourth-order valence-electron chi connectivity index (χ4n) is 6.03. The number of nitrogens with two attached hydrogens (primary N) is 1. The van der Waals surface area contributed by atoms with Gasteiger partial charge in [-0.05, 0) is 42.9 Å². The number of β-lactam (4-membered cyclic amide) rings is 1. The Morgan fingerprint density at radius 2 is 1.94 bits per heavy atom. The number of aryl methyl sites for hydroxylation is 2. The van der Waals surface area contributed by atoms with Gasteiger partial charge in [-0.25, -0.2) is 4.98 Å². The van der Waals surface area contributed by atoms with Crippen molar-refractivity contribution >= 4 is 29.4 Å². The molecular formula is C27H38N6O3. The van der Waals surface area contributed by atoms with Crippen LogP contribution in [0.5, 0.6) is 0 Å². The molecule has 2 N–H and O–H groups in total. The number of aromatic nitrogens is 3. The maximum atomic E-state index is 13.7. The van der Waals surface area contributed by atoms with Crippen LogP contribution in [-0.4, -0.2) is 50.5 Å². The molecule has 2 aromatic rings. The smallest absolute Gasteiger partial charge is 0.252 e. The normalized spacial score (nSPS) is 21.2. The summed E-state index contributed by atoms with van der Waals surface area (Å²) in [5.74, 6) is 0.265. The van der Waals surface area contributed by atoms with Crippen LogP contribution in [0.2, 0.25) is 0 Å². The molecule has 36 heavy (non-hydrogen) atoms. The summed E-state index contributed by atoms with van der Waals surface area (Å²) < 4.78 is 1.60. The number of hydrogen-bond donors (Lipinski definition) is 1. The third-order valence-electron chi connectivity index (χ3n) is 7.97. The Balaban J connectivity index is 1.58. The molecule has 0 unspecified atom stereocenters. The van der Waals surface area contributed by atoms with Crippen LogP contribution in [0.25, 0.3) is 0 Å². The second-order valence-electron chi connectivity index (χ2n) is 10.4. The van der Waals surface area contributed by atoms with E-state index >= 15 is 0 Å². The fraction of sp³-hybridized carbons (Fsp3) is 0.593. The molecule has 2 fully saturated rings. The number of likely N-dealkylation sites (N-methyl/N-ethyl adjacent to an activating group) is 1. The van der Waals surface area contributed by atoms with Crippen molar-refractivity contribution in [1.29, 1.82) is 0 Å². The lowest BCUT2D eigenvalue weighted by Gasteiger charge is -2.46. The van der Waals surface area contributed by atoms with Crippen molar-refractivity contribution < 1.29 is 14.4 Å². The number of nitrogen functional groups attached to an aromatic ring is 1. The highest BCUT2D eigenvalue weighted by Crippen LogP contribution is 2.37. The first-order chi connectivity index (χ1) is 17.2. The Hall–Kier alpha value is -3.23. The van der Waals surface area contributed by atoms with E-state index in [1.54, 1.807) is 37.1 Å². The Kier molecular flexibility index (Phi) is 7.76. The van der Waals surface area contributed by atoms with E-state index in [9.17, 15) is 14.4 Å². The molecule has 0 aromatic carbocycles. The standard InChI is InChI=1S/C27H38N6O3/c1-5-19(20-9-7-6-8-10-20)16-24(34)33-25(27(36)31(3)23-11-12-29-32(23)4)21(26(33)35)14-18-13-17(2)30-22(28)15-18/h11-13,15,19-21,25H,5-10,14,16H2,1-4H3,(H2,28,30)/t19-,21+,25-/m0/s1. The molecule has 2 aromatic heterocycles. The molecule has 4 rings (SSSR count). The Bertz CT molecular complexity index is 1100. The molecular weight excluding hydrogens is 456 g/mol. The van der Waals surface area contributed by atoms with E-state index in [0.29, 0.717) is 30.4 Å². The summed E-state index contributed by atoms with van der Waals surface area (Å²) in [6.07, 6.45) is 9.06. The highest BCUT2D eigenvalue weighted by atomic mass is 16.2. The molecule has 0 radical (unpaired) electrons. The summed E-state index contributed by atoms with van der Waals surface area (Å²) in [6, 6.07) is 4.48. The molecule has 2 aliphatic rings. The monoisotopic (exact) mass is 494 g/mol. The summed E-state index contributed by atoms with van der Waals surface area (Å²) in [5, 5.41) is 4.16. The number of pyridine rings is 1. The van der Waals surface area contributed by atoms with Crippen molar-refractivity contribution in [3.8, 4) is 0 Å². The van der Waals surface area contributed by atoms with Crippen molar-refractivity contribution in [2.24, 2.45) is 24.8 Å². The first kappa shape index (κ1) is 25.9. The van der Waals surface area contributed by atoms with Gasteiger partial charge in [0.15, 0.2) is 0 Å². The molecule has 1 saturated heterocycles. The van der Waals surface area contributed by atoms with Crippen molar-refractivity contribution in [3.63, 3.8) is 0 Å². The number of rotatable bonds is 8. The minimum Gasteiger partial charge on any atom is -0.384 e. The zero-order valence-corrected chi connectivity index (χ0v) is 21.8. The molecule has 1 aliphatic heterocycles. The van der Waals surface area contributed by atoms with Crippen LogP contribution >= 0.6 is 0 Å². The third kappa shape index (κ3) is 5.15. The average molecular weight is 495 g/mol. The lowest BCUT2D eigenvalue weighted by Crippen LogP contribution is -2.69. The second kappa shape index (κ2) is 10.8. The van der Waals surface area contributed by atoms with Crippen LogP contribution in [-0.2, 0) is 27.9 Å². The van der Waals surface area contributed by atoms with Gasteiger partial charge < -0.3 is 5.73 Å².